The molecule has 0 saturated carbocycles. The van der Waals surface area contributed by atoms with Crippen molar-refractivity contribution in [3.8, 4) is 0 Å². The van der Waals surface area contributed by atoms with E-state index < -0.39 is 34.9 Å². The molecule has 4 rings (SSSR count). The van der Waals surface area contributed by atoms with Gasteiger partial charge in [0.1, 0.15) is 6.04 Å². The average Bonchev–Trinajstić information content (AvgIpc) is 3.29. The molecule has 0 spiro atoms. The summed E-state index contributed by atoms with van der Waals surface area (Å²) in [5.74, 6) is -0.621. The number of carbonyl (C=O) groups is 3. The Morgan fingerprint density at radius 3 is 2.33 bits per heavy atom. The Kier molecular flexibility index (Phi) is 10.3. The molecule has 8 nitrogen and oxygen atoms in total. The van der Waals surface area contributed by atoms with Crippen molar-refractivity contribution in [2.24, 2.45) is 0 Å². The molecule has 4 amide bonds. The Hall–Kier alpha value is -3.82. The number of thioether (sulfide) groups is 1. The van der Waals surface area contributed by atoms with E-state index in [2.05, 4.69) is 16.0 Å². The summed E-state index contributed by atoms with van der Waals surface area (Å²) in [5.41, 5.74) is 4.95. The summed E-state index contributed by atoms with van der Waals surface area (Å²) >= 11 is 1.48. The van der Waals surface area contributed by atoms with Crippen molar-refractivity contribution in [1.29, 1.82) is 0 Å². The highest BCUT2D eigenvalue weighted by Gasteiger charge is 2.49. The molecular formula is C33H40N4O4S. The highest BCUT2D eigenvalue weighted by molar-refractivity contribution is 8.00. The van der Waals surface area contributed by atoms with Gasteiger partial charge >= 0.3 is 6.03 Å². The smallest absolute Gasteiger partial charge is 0.315 e. The lowest BCUT2D eigenvalue weighted by Gasteiger charge is -2.33. The predicted octanol–water partition coefficient (Wildman–Crippen LogP) is 4.07. The molecular weight excluding hydrogens is 548 g/mol. The molecule has 1 aliphatic heterocycles. The van der Waals surface area contributed by atoms with Crippen molar-refractivity contribution in [3.05, 3.63) is 107 Å². The van der Waals surface area contributed by atoms with Gasteiger partial charge in [-0.1, -0.05) is 84.4 Å². The van der Waals surface area contributed by atoms with E-state index >= 15 is 0 Å². The van der Waals surface area contributed by atoms with Crippen molar-refractivity contribution in [2.45, 2.75) is 70.1 Å². The summed E-state index contributed by atoms with van der Waals surface area (Å²) in [6.45, 7) is 8.46. The molecule has 0 unspecified atom stereocenters. The number of hydrogen-bond donors (Lipinski definition) is 4. The van der Waals surface area contributed by atoms with E-state index in [1.54, 1.807) is 0 Å². The number of urea groups is 1. The van der Waals surface area contributed by atoms with E-state index in [9.17, 15) is 19.5 Å². The van der Waals surface area contributed by atoms with Crippen molar-refractivity contribution in [1.82, 2.24) is 20.9 Å². The van der Waals surface area contributed by atoms with Crippen LogP contribution in [-0.2, 0) is 29.1 Å². The van der Waals surface area contributed by atoms with Crippen molar-refractivity contribution in [3.63, 3.8) is 0 Å². The van der Waals surface area contributed by atoms with E-state index in [0.29, 0.717) is 13.1 Å². The number of nitrogens with one attached hydrogen (secondary N) is 3. The molecule has 1 fully saturated rings. The van der Waals surface area contributed by atoms with Gasteiger partial charge in [0.15, 0.2) is 6.10 Å². The average molecular weight is 589 g/mol. The van der Waals surface area contributed by atoms with Crippen LogP contribution in [-0.4, -0.2) is 56.7 Å². The van der Waals surface area contributed by atoms with Crippen LogP contribution in [0.3, 0.4) is 0 Å². The monoisotopic (exact) mass is 588 g/mol. The van der Waals surface area contributed by atoms with Crippen LogP contribution in [0.2, 0.25) is 0 Å². The Bertz CT molecular complexity index is 1400. The van der Waals surface area contributed by atoms with Crippen molar-refractivity contribution < 1.29 is 19.5 Å². The first kappa shape index (κ1) is 31.1. The Morgan fingerprint density at radius 2 is 1.62 bits per heavy atom. The lowest BCUT2D eigenvalue weighted by atomic mass is 9.97. The number of hydrogen-bond acceptors (Lipinski definition) is 5. The lowest BCUT2D eigenvalue weighted by molar-refractivity contribution is -0.147. The summed E-state index contributed by atoms with van der Waals surface area (Å²) in [5, 5.41) is 20.0. The Balaban J connectivity index is 1.48. The minimum atomic E-state index is -1.56. The molecule has 0 bridgehead atoms. The molecule has 222 valence electrons. The van der Waals surface area contributed by atoms with Gasteiger partial charge in [-0.25, -0.2) is 4.79 Å². The fourth-order valence-electron chi connectivity index (χ4n) is 5.18. The molecule has 0 aromatic heterocycles. The third-order valence-corrected chi connectivity index (χ3v) is 8.95. The quantitative estimate of drug-likeness (QED) is 0.286. The van der Waals surface area contributed by atoms with Crippen LogP contribution < -0.4 is 16.0 Å². The summed E-state index contributed by atoms with van der Waals surface area (Å²) < 4.78 is -0.571. The number of rotatable bonds is 10. The maximum Gasteiger partial charge on any atom is 0.315 e. The summed E-state index contributed by atoms with van der Waals surface area (Å²) in [7, 11) is 0. The van der Waals surface area contributed by atoms with Gasteiger partial charge in [-0.05, 0) is 56.4 Å². The van der Waals surface area contributed by atoms with Crippen molar-refractivity contribution in [2.75, 3.05) is 5.88 Å². The van der Waals surface area contributed by atoms with Gasteiger partial charge in [0, 0.05) is 17.8 Å². The summed E-state index contributed by atoms with van der Waals surface area (Å²) in [6, 6.07) is 22.8. The van der Waals surface area contributed by atoms with E-state index in [1.807, 2.05) is 107 Å². The number of nitrogens with zero attached hydrogens (tertiary/aromatic N) is 1. The first-order valence-corrected chi connectivity index (χ1v) is 15.1. The van der Waals surface area contributed by atoms with Gasteiger partial charge in [-0.2, -0.15) is 0 Å². The number of amides is 4. The van der Waals surface area contributed by atoms with Gasteiger partial charge < -0.3 is 26.0 Å². The number of benzene rings is 3. The third kappa shape index (κ3) is 7.92. The van der Waals surface area contributed by atoms with E-state index in [0.717, 1.165) is 27.8 Å². The van der Waals surface area contributed by atoms with Crippen LogP contribution in [0.25, 0.3) is 0 Å². The molecule has 9 heteroatoms. The minimum absolute atomic E-state index is 0.236. The van der Waals surface area contributed by atoms with Gasteiger partial charge in [-0.3, -0.25) is 9.59 Å². The molecule has 1 heterocycles. The minimum Gasteiger partial charge on any atom is -0.381 e. The fourth-order valence-corrected chi connectivity index (χ4v) is 6.32. The number of aliphatic hydroxyl groups excluding tert-OH is 1. The van der Waals surface area contributed by atoms with Gasteiger partial charge in [0.05, 0.1) is 11.9 Å². The second kappa shape index (κ2) is 13.9. The van der Waals surface area contributed by atoms with Crippen LogP contribution >= 0.6 is 11.8 Å². The number of carbonyl (C=O) groups excluding carboxylic acids is 3. The molecule has 3 atom stereocenters. The topological polar surface area (TPSA) is 111 Å². The van der Waals surface area contributed by atoms with Crippen LogP contribution in [0.5, 0.6) is 0 Å². The van der Waals surface area contributed by atoms with Crippen LogP contribution in [0.4, 0.5) is 4.79 Å². The van der Waals surface area contributed by atoms with Crippen LogP contribution in [0.15, 0.2) is 78.9 Å². The SMILES string of the molecule is Cc1cccc(CNC(=O)N[C@@H](Cc2ccccc2)[C@H](O)C(=O)N2CSC(C)(C)[C@H]2C(=O)NCc2ccccc2C)c1. The van der Waals surface area contributed by atoms with E-state index in [-0.39, 0.29) is 18.2 Å². The summed E-state index contributed by atoms with van der Waals surface area (Å²) in [4.78, 5) is 41.7. The Labute approximate surface area is 252 Å². The molecule has 3 aromatic carbocycles. The zero-order valence-electron chi connectivity index (χ0n) is 24.6. The molecule has 0 aliphatic carbocycles. The molecule has 4 N–H and O–H groups in total. The van der Waals surface area contributed by atoms with Gasteiger partial charge in [0.2, 0.25) is 5.91 Å². The van der Waals surface area contributed by atoms with Gasteiger partial charge in [0.25, 0.3) is 5.91 Å². The normalized spacial score (nSPS) is 17.3. The first-order chi connectivity index (χ1) is 20.0. The predicted molar refractivity (Wildman–Crippen MR) is 167 cm³/mol. The molecule has 1 saturated heterocycles. The zero-order chi connectivity index (χ0) is 30.3. The molecule has 42 heavy (non-hydrogen) atoms. The maximum atomic E-state index is 13.8. The Morgan fingerprint density at radius 1 is 0.929 bits per heavy atom. The molecule has 3 aromatic rings. The second-order valence-corrected chi connectivity index (χ2v) is 12.9. The van der Waals surface area contributed by atoms with Crippen LogP contribution in [0, 0.1) is 13.8 Å². The van der Waals surface area contributed by atoms with Crippen LogP contribution in [0.1, 0.15) is 41.7 Å². The largest absolute Gasteiger partial charge is 0.381 e. The third-order valence-electron chi connectivity index (χ3n) is 7.58. The van der Waals surface area contributed by atoms with E-state index in [4.69, 9.17) is 0 Å². The van der Waals surface area contributed by atoms with Crippen molar-refractivity contribution >= 4 is 29.6 Å². The molecule has 0 radical (unpaired) electrons. The molecule has 1 aliphatic rings. The highest BCUT2D eigenvalue weighted by Crippen LogP contribution is 2.40. The lowest BCUT2D eigenvalue weighted by Crippen LogP contribution is -2.59. The highest BCUT2D eigenvalue weighted by atomic mass is 32.2. The number of aliphatic hydroxyl groups is 1. The van der Waals surface area contributed by atoms with E-state index in [1.165, 1.54) is 16.7 Å². The van der Waals surface area contributed by atoms with Gasteiger partial charge in [-0.15, -0.1) is 11.8 Å². The zero-order valence-corrected chi connectivity index (χ0v) is 25.4. The summed E-state index contributed by atoms with van der Waals surface area (Å²) in [6.07, 6.45) is -1.32. The number of aryl methyl sites for hydroxylation is 2. The second-order valence-electron chi connectivity index (χ2n) is 11.3. The standard InChI is InChI=1S/C33H40N4O4S/c1-22-11-10-15-25(17-22)19-35-32(41)36-27(18-24-13-6-5-7-14-24)28(38)31(40)37-21-42-33(3,4)29(37)30(39)34-20-26-16-9-8-12-23(26)2/h5-17,27-29,38H,18-21H2,1-4H3,(H,34,39)(H2,35,36,41)/t27-,28-,29+/m0/s1. The fraction of sp³-hybridized carbons (Fsp3) is 0.364. The maximum absolute atomic E-state index is 13.8. The first-order valence-electron chi connectivity index (χ1n) is 14.1.